The molecule has 1 amide bonds. The van der Waals surface area contributed by atoms with Gasteiger partial charge in [0, 0.05) is 50.9 Å². The second kappa shape index (κ2) is 15.2. The molecule has 2 aromatic carbocycles. The molecule has 4 heterocycles. The largest absolute Gasteiger partial charge is 0.465 e. The van der Waals surface area contributed by atoms with Gasteiger partial charge in [0.05, 0.1) is 18.0 Å². The van der Waals surface area contributed by atoms with Gasteiger partial charge in [-0.25, -0.2) is 4.68 Å². The first-order chi connectivity index (χ1) is 24.8. The van der Waals surface area contributed by atoms with Crippen molar-refractivity contribution in [2.75, 3.05) is 43.4 Å². The summed E-state index contributed by atoms with van der Waals surface area (Å²) in [7, 11) is 0. The summed E-state index contributed by atoms with van der Waals surface area (Å²) in [5.74, 6) is -0.511. The quantitative estimate of drug-likeness (QED) is 0.179. The monoisotopic (exact) mass is 720 g/mol. The second-order valence-electron chi connectivity index (χ2n) is 13.4. The Hall–Kier alpha value is -5.18. The van der Waals surface area contributed by atoms with Gasteiger partial charge < -0.3 is 30.7 Å². The van der Waals surface area contributed by atoms with E-state index >= 15 is 0 Å². The van der Waals surface area contributed by atoms with Crippen LogP contribution in [0.2, 0.25) is 0 Å². The zero-order valence-electron chi connectivity index (χ0n) is 29.4. The summed E-state index contributed by atoms with van der Waals surface area (Å²) in [4.78, 5) is 33.8. The molecule has 0 saturated carbocycles. The van der Waals surface area contributed by atoms with Crippen LogP contribution in [0, 0.1) is 12.3 Å². The van der Waals surface area contributed by atoms with Gasteiger partial charge in [0.1, 0.15) is 11.9 Å². The number of amides is 1. The minimum Gasteiger partial charge on any atom is -0.465 e. The van der Waals surface area contributed by atoms with Gasteiger partial charge in [0.15, 0.2) is 0 Å². The van der Waals surface area contributed by atoms with Gasteiger partial charge in [0.2, 0.25) is 23.8 Å². The van der Waals surface area contributed by atoms with E-state index in [1.165, 1.54) is 23.7 Å². The van der Waals surface area contributed by atoms with Crippen molar-refractivity contribution < 1.29 is 32.2 Å². The third kappa shape index (κ3) is 8.47. The van der Waals surface area contributed by atoms with Gasteiger partial charge >= 0.3 is 12.1 Å². The number of piperidine rings is 1. The number of aromatic nitrogens is 4. The van der Waals surface area contributed by atoms with Crippen molar-refractivity contribution in [1.29, 1.82) is 0 Å². The molecule has 4 aromatic rings. The molecule has 2 saturated heterocycles. The van der Waals surface area contributed by atoms with Gasteiger partial charge in [0.25, 0.3) is 0 Å². The number of anilines is 2. The number of carbonyl (C=O) groups is 2. The van der Waals surface area contributed by atoms with Gasteiger partial charge in [-0.05, 0) is 73.8 Å². The molecular formula is C37H43F3N8O4. The molecule has 0 radical (unpaired) electrons. The summed E-state index contributed by atoms with van der Waals surface area (Å²) in [6, 6.07) is 15.1. The number of esters is 1. The van der Waals surface area contributed by atoms with Crippen molar-refractivity contribution >= 4 is 23.6 Å². The highest BCUT2D eigenvalue weighted by Gasteiger charge is 2.46. The number of hydrogen-bond donors (Lipinski definition) is 3. The first-order valence-electron chi connectivity index (χ1n) is 17.4. The summed E-state index contributed by atoms with van der Waals surface area (Å²) in [5, 5.41) is 10.5. The van der Waals surface area contributed by atoms with Crippen LogP contribution in [0.4, 0.5) is 24.9 Å². The zero-order chi connectivity index (χ0) is 37.0. The Bertz CT molecular complexity index is 1890. The van der Waals surface area contributed by atoms with Gasteiger partial charge in [-0.2, -0.15) is 28.2 Å². The van der Waals surface area contributed by atoms with Gasteiger partial charge in [-0.1, -0.05) is 36.4 Å². The number of hydrogen-bond acceptors (Lipinski definition) is 10. The molecule has 0 bridgehead atoms. The molecule has 15 heteroatoms. The number of nitrogens with one attached hydrogen (secondary N) is 2. The molecule has 2 fully saturated rings. The molecular weight excluding hydrogens is 677 g/mol. The SMILES string of the molecule is CCOC(=O)C1CC2(CCN(c3cc(O[C@H](c4ccc(-c5ccc(CCNC(C)=O)cc5)cc4-n4ccc(C)n4)C(F)(F)F)nc(N)n3)CC2)CN1. The highest BCUT2D eigenvalue weighted by atomic mass is 19.4. The van der Waals surface area contributed by atoms with Crippen molar-refractivity contribution in [2.24, 2.45) is 5.41 Å². The number of nitrogens with two attached hydrogens (primary N) is 1. The first kappa shape index (κ1) is 36.6. The van der Waals surface area contributed by atoms with Crippen LogP contribution in [0.1, 0.15) is 56.0 Å². The summed E-state index contributed by atoms with van der Waals surface area (Å²) in [6.45, 7) is 7.63. The number of benzene rings is 2. The van der Waals surface area contributed by atoms with E-state index < -0.39 is 12.3 Å². The zero-order valence-corrected chi connectivity index (χ0v) is 29.4. The Balaban J connectivity index is 1.24. The van der Waals surface area contributed by atoms with Crippen LogP contribution in [0.25, 0.3) is 16.8 Å². The molecule has 4 N–H and O–H groups in total. The molecule has 1 unspecified atom stereocenters. The van der Waals surface area contributed by atoms with Crippen molar-refractivity contribution in [3.05, 3.63) is 77.6 Å². The lowest BCUT2D eigenvalue weighted by Gasteiger charge is -2.39. The lowest BCUT2D eigenvalue weighted by atomic mass is 9.76. The van der Waals surface area contributed by atoms with Crippen LogP contribution in [-0.4, -0.2) is 76.6 Å². The van der Waals surface area contributed by atoms with Crippen LogP contribution in [0.3, 0.4) is 0 Å². The Morgan fingerprint density at radius 3 is 2.46 bits per heavy atom. The van der Waals surface area contributed by atoms with E-state index in [0.29, 0.717) is 62.7 Å². The normalized spacial score (nSPS) is 17.6. The average molecular weight is 721 g/mol. The highest BCUT2D eigenvalue weighted by molar-refractivity contribution is 5.76. The minimum atomic E-state index is -4.84. The maximum atomic E-state index is 15.0. The molecule has 12 nitrogen and oxygen atoms in total. The second-order valence-corrected chi connectivity index (χ2v) is 13.4. The number of nitrogen functional groups attached to an aromatic ring is 1. The maximum Gasteiger partial charge on any atom is 0.429 e. The molecule has 2 aliphatic heterocycles. The Morgan fingerprint density at radius 1 is 1.08 bits per heavy atom. The van der Waals surface area contributed by atoms with Crippen LogP contribution < -0.4 is 26.0 Å². The number of alkyl halides is 3. The standard InChI is InChI=1S/C37H43F3N8O4/c1-4-51-34(50)29-21-36(22-43-29)13-17-47(18-14-36)31-20-32(45-35(41)44-31)52-33(37(38,39)40)28-10-9-27(19-30(28)48-16-12-23(2)46-48)26-7-5-25(6-8-26)11-15-42-24(3)49/h5-10,12,16,19-20,29,33,43H,4,11,13-15,17-18,21-22H2,1-3H3,(H,42,49)(H2,41,44,45)/t29?,33-/m1/s1. The van der Waals surface area contributed by atoms with E-state index in [2.05, 4.69) is 25.7 Å². The number of aryl methyl sites for hydroxylation is 1. The van der Waals surface area contributed by atoms with Crippen molar-refractivity contribution in [3.63, 3.8) is 0 Å². The third-order valence-electron chi connectivity index (χ3n) is 9.68. The predicted molar refractivity (Wildman–Crippen MR) is 189 cm³/mol. The smallest absolute Gasteiger partial charge is 0.429 e. The summed E-state index contributed by atoms with van der Waals surface area (Å²) in [5.41, 5.74) is 9.11. The molecule has 2 aromatic heterocycles. The minimum absolute atomic E-state index is 0.0869. The molecule has 0 aliphatic carbocycles. The number of halogens is 3. The van der Waals surface area contributed by atoms with Crippen molar-refractivity contribution in [3.8, 4) is 22.7 Å². The van der Waals surface area contributed by atoms with E-state index in [9.17, 15) is 22.8 Å². The first-order valence-corrected chi connectivity index (χ1v) is 17.4. The number of carbonyl (C=O) groups excluding carboxylic acids is 2. The Labute approximate surface area is 299 Å². The maximum absolute atomic E-state index is 15.0. The number of rotatable bonds is 11. The third-order valence-corrected chi connectivity index (χ3v) is 9.68. The van der Waals surface area contributed by atoms with Gasteiger partial charge in [-0.3, -0.25) is 9.59 Å². The lowest BCUT2D eigenvalue weighted by Crippen LogP contribution is -2.41. The Morgan fingerprint density at radius 2 is 1.81 bits per heavy atom. The molecule has 52 heavy (non-hydrogen) atoms. The number of ether oxygens (including phenoxy) is 2. The van der Waals surface area contributed by atoms with Crippen molar-refractivity contribution in [1.82, 2.24) is 30.4 Å². The molecule has 276 valence electrons. The summed E-state index contributed by atoms with van der Waals surface area (Å²) >= 11 is 0. The van der Waals surface area contributed by atoms with E-state index in [1.807, 2.05) is 29.2 Å². The fourth-order valence-electron chi connectivity index (χ4n) is 6.94. The van der Waals surface area contributed by atoms with Crippen molar-refractivity contribution in [2.45, 2.75) is 64.8 Å². The number of nitrogens with zero attached hydrogens (tertiary/aromatic N) is 5. The molecule has 2 aliphatic rings. The summed E-state index contributed by atoms with van der Waals surface area (Å²) < 4.78 is 57.2. The van der Waals surface area contributed by atoms with Crippen LogP contribution >= 0.6 is 0 Å². The fraction of sp³-hybridized carbons (Fsp3) is 0.432. The lowest BCUT2D eigenvalue weighted by molar-refractivity contribution is -0.198. The average Bonchev–Trinajstić information content (AvgIpc) is 3.73. The van der Waals surface area contributed by atoms with Crippen LogP contribution in [0.15, 0.2) is 60.8 Å². The Kier molecular flexibility index (Phi) is 10.7. The predicted octanol–water partition coefficient (Wildman–Crippen LogP) is 5.09. The van der Waals surface area contributed by atoms with E-state index in [1.54, 1.807) is 38.2 Å². The van der Waals surface area contributed by atoms with Gasteiger partial charge in [-0.15, -0.1) is 0 Å². The fourth-order valence-corrected chi connectivity index (χ4v) is 6.94. The molecule has 6 rings (SSSR count). The van der Waals surface area contributed by atoms with E-state index in [4.69, 9.17) is 15.2 Å². The summed E-state index contributed by atoms with van der Waals surface area (Å²) in [6.07, 6.45) is -2.83. The molecule has 2 atom stereocenters. The van der Waals surface area contributed by atoms with E-state index in [0.717, 1.165) is 24.0 Å². The molecule has 1 spiro atoms. The highest BCUT2D eigenvalue weighted by Crippen LogP contribution is 2.43. The topological polar surface area (TPSA) is 150 Å². The van der Waals surface area contributed by atoms with E-state index in [-0.39, 0.29) is 46.4 Å². The van der Waals surface area contributed by atoms with Crippen LogP contribution in [0.5, 0.6) is 5.88 Å². The van der Waals surface area contributed by atoms with Crippen LogP contribution in [-0.2, 0) is 20.7 Å².